The Morgan fingerprint density at radius 1 is 1.26 bits per heavy atom. The van der Waals surface area contributed by atoms with E-state index in [0.29, 0.717) is 12.5 Å². The van der Waals surface area contributed by atoms with Gasteiger partial charge in [-0.15, -0.1) is 0 Å². The number of hydrogen-bond acceptors (Lipinski definition) is 3. The van der Waals surface area contributed by atoms with E-state index in [-0.39, 0.29) is 11.6 Å². The molecule has 1 atom stereocenters. The number of rotatable bonds is 9. The van der Waals surface area contributed by atoms with Crippen LogP contribution in [0.4, 0.5) is 0 Å². The molecule has 116 valence electrons. The Balaban J connectivity index is 4.72. The molecule has 0 saturated heterocycles. The molecule has 0 fully saturated rings. The molecular weight excluding hydrogens is 262 g/mol. The highest BCUT2D eigenvalue weighted by atomic mass is 32.2. The molecule has 0 aliphatic carbocycles. The standard InChI is InChI=1S/C14H31NO3S/c1-8-9-13(11-18-12(2)3)10-14(4,5)15(6)19(7,16)17/h12-13H,8-11H2,1-7H3. The lowest BCUT2D eigenvalue weighted by Gasteiger charge is -2.36. The van der Waals surface area contributed by atoms with Crippen LogP contribution in [0.3, 0.4) is 0 Å². The van der Waals surface area contributed by atoms with Crippen molar-refractivity contribution in [2.75, 3.05) is 19.9 Å². The Bertz CT molecular complexity index is 350. The first-order valence-electron chi connectivity index (χ1n) is 7.06. The van der Waals surface area contributed by atoms with Crippen LogP contribution in [-0.4, -0.2) is 44.3 Å². The third-order valence-corrected chi connectivity index (χ3v) is 4.99. The van der Waals surface area contributed by atoms with Gasteiger partial charge < -0.3 is 4.74 Å². The second-order valence-corrected chi connectivity index (χ2v) is 8.30. The van der Waals surface area contributed by atoms with Gasteiger partial charge in [-0.2, -0.15) is 4.31 Å². The van der Waals surface area contributed by atoms with Gasteiger partial charge in [-0.1, -0.05) is 13.3 Å². The van der Waals surface area contributed by atoms with Gasteiger partial charge in [-0.05, 0) is 46.5 Å². The molecule has 0 radical (unpaired) electrons. The van der Waals surface area contributed by atoms with Crippen molar-refractivity contribution in [3.05, 3.63) is 0 Å². The van der Waals surface area contributed by atoms with Crippen molar-refractivity contribution in [1.29, 1.82) is 0 Å². The van der Waals surface area contributed by atoms with Crippen molar-refractivity contribution < 1.29 is 13.2 Å². The van der Waals surface area contributed by atoms with Gasteiger partial charge in [-0.3, -0.25) is 0 Å². The first-order chi connectivity index (χ1) is 8.50. The third-order valence-electron chi connectivity index (χ3n) is 3.50. The lowest BCUT2D eigenvalue weighted by molar-refractivity contribution is 0.0350. The minimum atomic E-state index is -3.16. The van der Waals surface area contributed by atoms with E-state index in [1.807, 2.05) is 27.7 Å². The van der Waals surface area contributed by atoms with E-state index < -0.39 is 10.0 Å². The quantitative estimate of drug-likeness (QED) is 0.656. The Labute approximate surface area is 119 Å². The van der Waals surface area contributed by atoms with Gasteiger partial charge in [-0.25, -0.2) is 8.42 Å². The topological polar surface area (TPSA) is 46.6 Å². The molecule has 0 spiro atoms. The third kappa shape index (κ3) is 7.28. The van der Waals surface area contributed by atoms with Gasteiger partial charge >= 0.3 is 0 Å². The van der Waals surface area contributed by atoms with E-state index >= 15 is 0 Å². The van der Waals surface area contributed by atoms with E-state index in [1.165, 1.54) is 10.6 Å². The maximum absolute atomic E-state index is 11.7. The highest BCUT2D eigenvalue weighted by Gasteiger charge is 2.32. The molecule has 0 amide bonds. The average Bonchev–Trinajstić information content (AvgIpc) is 2.23. The van der Waals surface area contributed by atoms with Crippen LogP contribution in [0.5, 0.6) is 0 Å². The summed E-state index contributed by atoms with van der Waals surface area (Å²) in [5.74, 6) is 0.395. The zero-order valence-electron chi connectivity index (χ0n) is 13.6. The van der Waals surface area contributed by atoms with Gasteiger partial charge in [0.1, 0.15) is 0 Å². The largest absolute Gasteiger partial charge is 0.379 e. The molecule has 19 heavy (non-hydrogen) atoms. The fraction of sp³-hybridized carbons (Fsp3) is 1.00. The first kappa shape index (κ1) is 18.9. The summed E-state index contributed by atoms with van der Waals surface area (Å²) < 4.78 is 30.5. The zero-order valence-corrected chi connectivity index (χ0v) is 14.4. The van der Waals surface area contributed by atoms with Crippen LogP contribution in [0.2, 0.25) is 0 Å². The Morgan fingerprint density at radius 2 is 1.79 bits per heavy atom. The predicted molar refractivity (Wildman–Crippen MR) is 80.8 cm³/mol. The van der Waals surface area contributed by atoms with Crippen molar-refractivity contribution in [2.24, 2.45) is 5.92 Å². The summed E-state index contributed by atoms with van der Waals surface area (Å²) in [4.78, 5) is 0. The minimum Gasteiger partial charge on any atom is -0.379 e. The zero-order chi connectivity index (χ0) is 15.3. The Hall–Kier alpha value is -0.130. The molecule has 0 bridgehead atoms. The lowest BCUT2D eigenvalue weighted by Crippen LogP contribution is -2.46. The first-order valence-corrected chi connectivity index (χ1v) is 8.91. The molecule has 0 saturated carbocycles. The second kappa shape index (κ2) is 7.60. The molecule has 0 aromatic heterocycles. The molecule has 0 aliphatic rings. The molecular formula is C14H31NO3S. The van der Waals surface area contributed by atoms with Crippen molar-refractivity contribution in [1.82, 2.24) is 4.31 Å². The Morgan fingerprint density at radius 3 is 2.16 bits per heavy atom. The fourth-order valence-corrected chi connectivity index (χ4v) is 3.24. The van der Waals surface area contributed by atoms with Gasteiger partial charge in [0.2, 0.25) is 10.0 Å². The maximum atomic E-state index is 11.7. The highest BCUT2D eigenvalue weighted by Crippen LogP contribution is 2.27. The SMILES string of the molecule is CCCC(COC(C)C)CC(C)(C)N(C)S(C)(=O)=O. The summed E-state index contributed by atoms with van der Waals surface area (Å²) >= 11 is 0. The molecule has 0 N–H and O–H groups in total. The normalized spacial score (nSPS) is 15.2. The molecule has 1 unspecified atom stereocenters. The van der Waals surface area contributed by atoms with Crippen LogP contribution in [-0.2, 0) is 14.8 Å². The molecule has 0 aromatic carbocycles. The number of nitrogens with zero attached hydrogens (tertiary/aromatic N) is 1. The van der Waals surface area contributed by atoms with E-state index in [9.17, 15) is 8.42 Å². The monoisotopic (exact) mass is 293 g/mol. The molecule has 0 aliphatic heterocycles. The van der Waals surface area contributed by atoms with E-state index in [1.54, 1.807) is 7.05 Å². The molecule has 0 aromatic rings. The highest BCUT2D eigenvalue weighted by molar-refractivity contribution is 7.88. The van der Waals surface area contributed by atoms with Crippen LogP contribution in [0.15, 0.2) is 0 Å². The summed E-state index contributed by atoms with van der Waals surface area (Å²) in [5.41, 5.74) is -0.381. The summed E-state index contributed by atoms with van der Waals surface area (Å²) in [6.45, 7) is 10.9. The van der Waals surface area contributed by atoms with Crippen molar-refractivity contribution in [3.8, 4) is 0 Å². The van der Waals surface area contributed by atoms with E-state index in [2.05, 4.69) is 6.92 Å². The number of sulfonamides is 1. The maximum Gasteiger partial charge on any atom is 0.211 e. The van der Waals surface area contributed by atoms with Crippen LogP contribution in [0.25, 0.3) is 0 Å². The van der Waals surface area contributed by atoms with Gasteiger partial charge in [0, 0.05) is 19.2 Å². The lowest BCUT2D eigenvalue weighted by atomic mass is 9.88. The molecule has 0 rings (SSSR count). The van der Waals surface area contributed by atoms with Gasteiger partial charge in [0.05, 0.1) is 12.4 Å². The van der Waals surface area contributed by atoms with E-state index in [0.717, 1.165) is 19.3 Å². The van der Waals surface area contributed by atoms with Crippen LogP contribution >= 0.6 is 0 Å². The summed E-state index contributed by atoms with van der Waals surface area (Å²) in [7, 11) is -1.51. The summed E-state index contributed by atoms with van der Waals surface area (Å²) in [6.07, 6.45) is 4.44. The minimum absolute atomic E-state index is 0.218. The van der Waals surface area contributed by atoms with E-state index in [4.69, 9.17) is 4.74 Å². The van der Waals surface area contributed by atoms with Gasteiger partial charge in [0.15, 0.2) is 0 Å². The number of hydrogen-bond donors (Lipinski definition) is 0. The van der Waals surface area contributed by atoms with Crippen LogP contribution < -0.4 is 0 Å². The summed E-state index contributed by atoms with van der Waals surface area (Å²) in [5, 5.41) is 0. The average molecular weight is 293 g/mol. The summed E-state index contributed by atoms with van der Waals surface area (Å²) in [6, 6.07) is 0. The van der Waals surface area contributed by atoms with Crippen LogP contribution in [0.1, 0.15) is 53.9 Å². The number of ether oxygens (including phenoxy) is 1. The van der Waals surface area contributed by atoms with Gasteiger partial charge in [0.25, 0.3) is 0 Å². The second-order valence-electron chi connectivity index (χ2n) is 6.28. The smallest absolute Gasteiger partial charge is 0.211 e. The fourth-order valence-electron chi connectivity index (χ4n) is 2.27. The Kier molecular flexibility index (Phi) is 7.55. The van der Waals surface area contributed by atoms with Crippen molar-refractivity contribution >= 4 is 10.0 Å². The van der Waals surface area contributed by atoms with Crippen LogP contribution in [0, 0.1) is 5.92 Å². The molecule has 4 nitrogen and oxygen atoms in total. The van der Waals surface area contributed by atoms with Crippen molar-refractivity contribution in [2.45, 2.75) is 65.5 Å². The predicted octanol–water partition coefficient (Wildman–Crippen LogP) is 2.89. The molecule has 5 heteroatoms. The van der Waals surface area contributed by atoms with Crippen molar-refractivity contribution in [3.63, 3.8) is 0 Å². The molecule has 0 heterocycles.